The second-order valence-corrected chi connectivity index (χ2v) is 4.28. The summed E-state index contributed by atoms with van der Waals surface area (Å²) < 4.78 is 3.98. The minimum atomic E-state index is 0.520. The van der Waals surface area contributed by atoms with Crippen LogP contribution in [0.15, 0.2) is 36.7 Å². The highest BCUT2D eigenvalue weighted by atomic mass is 15.3. The van der Waals surface area contributed by atoms with Crippen LogP contribution in [0.25, 0.3) is 10.9 Å². The monoisotopic (exact) mass is 241 g/mol. The van der Waals surface area contributed by atoms with Crippen LogP contribution in [0.2, 0.25) is 0 Å². The quantitative estimate of drug-likeness (QED) is 0.751. The van der Waals surface area contributed by atoms with Crippen molar-refractivity contribution in [1.29, 1.82) is 0 Å². The van der Waals surface area contributed by atoms with Crippen LogP contribution in [0.3, 0.4) is 0 Å². The molecule has 0 amide bonds. The van der Waals surface area contributed by atoms with Crippen LogP contribution in [0.1, 0.15) is 11.5 Å². The van der Waals surface area contributed by atoms with E-state index in [1.165, 1.54) is 10.9 Å². The van der Waals surface area contributed by atoms with E-state index in [0.717, 1.165) is 11.5 Å². The molecule has 0 atom stereocenters. The number of nitrogens with two attached hydrogens (primary N) is 1. The number of hydrogen-bond acceptors (Lipinski definition) is 3. The lowest BCUT2D eigenvalue weighted by molar-refractivity contribution is 0.649. The summed E-state index contributed by atoms with van der Waals surface area (Å²) in [6.45, 7) is 1.21. The molecule has 0 bridgehead atoms. The molecule has 3 aromatic rings. The Hall–Kier alpha value is -2.14. The van der Waals surface area contributed by atoms with Crippen LogP contribution >= 0.6 is 0 Å². The van der Waals surface area contributed by atoms with Crippen molar-refractivity contribution < 1.29 is 0 Å². The van der Waals surface area contributed by atoms with E-state index in [9.17, 15) is 0 Å². The summed E-state index contributed by atoms with van der Waals surface area (Å²) in [6.07, 6.45) is 1.57. The molecule has 2 N–H and O–H groups in total. The van der Waals surface area contributed by atoms with Gasteiger partial charge in [0.2, 0.25) is 0 Å². The van der Waals surface area contributed by atoms with Crippen molar-refractivity contribution in [2.45, 2.75) is 13.1 Å². The number of benzene rings is 1. The summed E-state index contributed by atoms with van der Waals surface area (Å²) in [5.41, 5.74) is 8.11. The summed E-state index contributed by atoms with van der Waals surface area (Å²) in [6, 6.07) is 10.4. The molecule has 0 spiro atoms. The molecule has 0 saturated carbocycles. The molecule has 18 heavy (non-hydrogen) atoms. The van der Waals surface area contributed by atoms with Gasteiger partial charge in [-0.05, 0) is 17.5 Å². The van der Waals surface area contributed by atoms with Gasteiger partial charge in [0, 0.05) is 24.8 Å². The molecule has 2 heterocycles. The molecular formula is C13H15N5. The van der Waals surface area contributed by atoms with Gasteiger partial charge in [0.15, 0.2) is 0 Å². The van der Waals surface area contributed by atoms with Crippen molar-refractivity contribution in [3.63, 3.8) is 0 Å². The maximum atomic E-state index is 5.82. The predicted molar refractivity (Wildman–Crippen MR) is 69.9 cm³/mol. The van der Waals surface area contributed by atoms with Crippen molar-refractivity contribution >= 4 is 10.9 Å². The average Bonchev–Trinajstić information content (AvgIpc) is 2.95. The van der Waals surface area contributed by atoms with E-state index < -0.39 is 0 Å². The molecule has 1 aromatic carbocycles. The first-order chi connectivity index (χ1) is 8.79. The fourth-order valence-electron chi connectivity index (χ4n) is 2.23. The number of hydrogen-bond donors (Lipinski definition) is 1. The Labute approximate surface area is 105 Å². The summed E-state index contributed by atoms with van der Waals surface area (Å²) in [5.74, 6) is 0.922. The molecule has 0 saturated heterocycles. The van der Waals surface area contributed by atoms with Crippen LogP contribution in [0.5, 0.6) is 0 Å². The topological polar surface area (TPSA) is 61.7 Å². The molecule has 3 rings (SSSR count). The van der Waals surface area contributed by atoms with Crippen LogP contribution in [-0.4, -0.2) is 19.3 Å². The van der Waals surface area contributed by atoms with E-state index in [1.807, 2.05) is 19.2 Å². The number of nitrogens with zero attached hydrogens (tertiary/aromatic N) is 4. The predicted octanol–water partition coefficient (Wildman–Crippen LogP) is 1.28. The Kier molecular flexibility index (Phi) is 2.60. The Morgan fingerprint density at radius 1 is 1.28 bits per heavy atom. The van der Waals surface area contributed by atoms with Crippen molar-refractivity contribution in [2.24, 2.45) is 12.8 Å². The summed E-state index contributed by atoms with van der Waals surface area (Å²) in [7, 11) is 1.90. The Balaban J connectivity index is 2.12. The SMILES string of the molecule is Cn1ncnc1Cn1c(CN)cc2ccccc21. The molecule has 0 radical (unpaired) electrons. The third-order valence-corrected chi connectivity index (χ3v) is 3.21. The van der Waals surface area contributed by atoms with E-state index in [2.05, 4.69) is 32.8 Å². The van der Waals surface area contributed by atoms with Crippen LogP contribution in [-0.2, 0) is 20.1 Å². The third kappa shape index (κ3) is 1.69. The van der Waals surface area contributed by atoms with Gasteiger partial charge in [-0.2, -0.15) is 5.10 Å². The Bertz CT molecular complexity index is 680. The fraction of sp³-hybridized carbons (Fsp3) is 0.231. The number of fused-ring (bicyclic) bond motifs is 1. The van der Waals surface area contributed by atoms with E-state index in [1.54, 1.807) is 11.0 Å². The fourth-order valence-corrected chi connectivity index (χ4v) is 2.23. The smallest absolute Gasteiger partial charge is 0.146 e. The van der Waals surface area contributed by atoms with Gasteiger partial charge >= 0.3 is 0 Å². The van der Waals surface area contributed by atoms with Gasteiger partial charge < -0.3 is 10.3 Å². The third-order valence-electron chi connectivity index (χ3n) is 3.21. The van der Waals surface area contributed by atoms with Crippen LogP contribution < -0.4 is 5.73 Å². The molecule has 0 fully saturated rings. The van der Waals surface area contributed by atoms with Gasteiger partial charge in [0.05, 0.1) is 6.54 Å². The second-order valence-electron chi connectivity index (χ2n) is 4.28. The van der Waals surface area contributed by atoms with Crippen molar-refractivity contribution in [2.75, 3.05) is 0 Å². The van der Waals surface area contributed by atoms with E-state index >= 15 is 0 Å². The van der Waals surface area contributed by atoms with Gasteiger partial charge in [-0.3, -0.25) is 4.68 Å². The number of aryl methyl sites for hydroxylation is 1. The molecule has 5 heteroatoms. The molecule has 0 aliphatic carbocycles. The second kappa shape index (κ2) is 4.27. The molecule has 0 aliphatic heterocycles. The first-order valence-electron chi connectivity index (χ1n) is 5.89. The average molecular weight is 241 g/mol. The van der Waals surface area contributed by atoms with Gasteiger partial charge in [0.1, 0.15) is 12.2 Å². The first kappa shape index (κ1) is 11.0. The lowest BCUT2D eigenvalue weighted by Crippen LogP contribution is -2.11. The van der Waals surface area contributed by atoms with Crippen molar-refractivity contribution in [1.82, 2.24) is 19.3 Å². The largest absolute Gasteiger partial charge is 0.336 e. The normalized spacial score (nSPS) is 11.2. The lowest BCUT2D eigenvalue weighted by Gasteiger charge is -2.08. The summed E-state index contributed by atoms with van der Waals surface area (Å²) in [4.78, 5) is 4.26. The lowest BCUT2D eigenvalue weighted by atomic mass is 10.2. The van der Waals surface area contributed by atoms with E-state index in [-0.39, 0.29) is 0 Å². The minimum absolute atomic E-state index is 0.520. The van der Waals surface area contributed by atoms with Gasteiger partial charge in [-0.25, -0.2) is 4.98 Å². The zero-order valence-corrected chi connectivity index (χ0v) is 10.2. The Morgan fingerprint density at radius 3 is 2.83 bits per heavy atom. The minimum Gasteiger partial charge on any atom is -0.336 e. The highest BCUT2D eigenvalue weighted by molar-refractivity contribution is 5.81. The number of aromatic nitrogens is 4. The van der Waals surface area contributed by atoms with Gasteiger partial charge in [-0.1, -0.05) is 18.2 Å². The number of para-hydroxylation sites is 1. The van der Waals surface area contributed by atoms with Gasteiger partial charge in [0.25, 0.3) is 0 Å². The molecule has 92 valence electrons. The molecule has 2 aromatic heterocycles. The van der Waals surface area contributed by atoms with Gasteiger partial charge in [-0.15, -0.1) is 0 Å². The zero-order chi connectivity index (χ0) is 12.5. The standard InChI is InChI=1S/C13H15N5/c1-17-13(15-9-16-17)8-18-11(7-14)6-10-4-2-3-5-12(10)18/h2-6,9H,7-8,14H2,1H3. The maximum Gasteiger partial charge on any atom is 0.146 e. The molecule has 0 aliphatic rings. The number of rotatable bonds is 3. The summed E-state index contributed by atoms with van der Waals surface area (Å²) in [5, 5.41) is 5.30. The summed E-state index contributed by atoms with van der Waals surface area (Å²) >= 11 is 0. The molecule has 0 unspecified atom stereocenters. The van der Waals surface area contributed by atoms with Crippen LogP contribution in [0, 0.1) is 0 Å². The molecule has 5 nitrogen and oxygen atoms in total. The van der Waals surface area contributed by atoms with E-state index in [0.29, 0.717) is 13.1 Å². The van der Waals surface area contributed by atoms with E-state index in [4.69, 9.17) is 5.73 Å². The highest BCUT2D eigenvalue weighted by Gasteiger charge is 2.09. The van der Waals surface area contributed by atoms with Crippen molar-refractivity contribution in [3.8, 4) is 0 Å². The Morgan fingerprint density at radius 2 is 2.11 bits per heavy atom. The molecular weight excluding hydrogens is 226 g/mol. The zero-order valence-electron chi connectivity index (χ0n) is 10.2. The highest BCUT2D eigenvalue weighted by Crippen LogP contribution is 2.20. The van der Waals surface area contributed by atoms with Crippen LogP contribution in [0.4, 0.5) is 0 Å². The first-order valence-corrected chi connectivity index (χ1v) is 5.89. The van der Waals surface area contributed by atoms with Crippen molar-refractivity contribution in [3.05, 3.63) is 48.2 Å². The maximum absolute atomic E-state index is 5.82.